The molecule has 0 spiro atoms. The van der Waals surface area contributed by atoms with Gasteiger partial charge in [0.25, 0.3) is 0 Å². The summed E-state index contributed by atoms with van der Waals surface area (Å²) in [6.07, 6.45) is 21.6. The van der Waals surface area contributed by atoms with E-state index >= 15 is 0 Å². The van der Waals surface area contributed by atoms with Gasteiger partial charge in [-0.1, -0.05) is 63.7 Å². The first-order chi connectivity index (χ1) is 17.1. The second-order valence-corrected chi connectivity index (χ2v) is 11.6. The summed E-state index contributed by atoms with van der Waals surface area (Å²) >= 11 is 0. The maximum absolute atomic E-state index is 14.9. The van der Waals surface area contributed by atoms with Crippen molar-refractivity contribution in [3.8, 4) is 0 Å². The van der Waals surface area contributed by atoms with Crippen LogP contribution < -0.4 is 0 Å². The summed E-state index contributed by atoms with van der Waals surface area (Å²) in [6, 6.07) is 7.89. The van der Waals surface area contributed by atoms with E-state index < -0.39 is 11.6 Å². The molecule has 0 saturated heterocycles. The minimum absolute atomic E-state index is 0.451. The molecule has 0 aromatic heterocycles. The number of allylic oxidation sites excluding steroid dienone is 1. The van der Waals surface area contributed by atoms with Crippen LogP contribution >= 0.6 is 0 Å². The quantitative estimate of drug-likeness (QED) is 0.222. The molecule has 0 amide bonds. The molecule has 0 N–H and O–H groups in total. The van der Waals surface area contributed by atoms with Gasteiger partial charge in [-0.15, -0.1) is 6.58 Å². The lowest BCUT2D eigenvalue weighted by molar-refractivity contribution is 0.141. The van der Waals surface area contributed by atoms with Crippen molar-refractivity contribution >= 4 is 10.8 Å². The minimum Gasteiger partial charge on any atom is -0.203 e. The van der Waals surface area contributed by atoms with Crippen LogP contribution in [0.4, 0.5) is 8.78 Å². The number of halogens is 2. The van der Waals surface area contributed by atoms with Gasteiger partial charge in [-0.2, -0.15) is 0 Å². The SMILES string of the molecule is C=CCCC1CCC(C2CCC(CCc3ccc4cc(CCCCC)c(F)c(F)c4c3)CC2)CC1. The first-order valence-corrected chi connectivity index (χ1v) is 14.6. The van der Waals surface area contributed by atoms with Gasteiger partial charge < -0.3 is 0 Å². The molecule has 2 saturated carbocycles. The van der Waals surface area contributed by atoms with Gasteiger partial charge in [0, 0.05) is 5.39 Å². The van der Waals surface area contributed by atoms with E-state index in [9.17, 15) is 8.78 Å². The minimum atomic E-state index is -0.657. The Balaban J connectivity index is 1.26. The van der Waals surface area contributed by atoms with E-state index in [1.54, 1.807) is 0 Å². The third kappa shape index (κ3) is 6.95. The Kier molecular flexibility index (Phi) is 9.81. The fraction of sp³-hybridized carbons (Fsp3) is 0.636. The van der Waals surface area contributed by atoms with Crippen LogP contribution in [0.15, 0.2) is 36.9 Å². The van der Waals surface area contributed by atoms with E-state index in [1.807, 2.05) is 18.2 Å². The smallest absolute Gasteiger partial charge is 0.166 e. The summed E-state index contributed by atoms with van der Waals surface area (Å²) in [4.78, 5) is 0. The highest BCUT2D eigenvalue weighted by Gasteiger charge is 2.30. The number of unbranched alkanes of at least 4 members (excludes halogenated alkanes) is 2. The van der Waals surface area contributed by atoms with Gasteiger partial charge in [-0.3, -0.25) is 0 Å². The summed E-state index contributed by atoms with van der Waals surface area (Å²) in [5.74, 6) is 2.33. The van der Waals surface area contributed by atoms with Gasteiger partial charge in [0.1, 0.15) is 0 Å². The van der Waals surface area contributed by atoms with Crippen molar-refractivity contribution in [2.45, 2.75) is 110 Å². The van der Waals surface area contributed by atoms with Gasteiger partial charge in [0.05, 0.1) is 0 Å². The number of fused-ring (bicyclic) bond motifs is 1. The lowest BCUT2D eigenvalue weighted by Crippen LogP contribution is -2.26. The molecule has 0 nitrogen and oxygen atoms in total. The standard InChI is InChI=1S/C33H46F2/c1-3-5-7-9-30-23-29-21-16-26(22-31(29)33(35)32(30)34)11-10-25-14-19-28(20-15-25)27-17-12-24(13-18-27)8-6-4-2/h4,16,21-25,27-28H,2-3,5-15,17-20H2,1H3. The first-order valence-electron chi connectivity index (χ1n) is 14.6. The predicted molar refractivity (Wildman–Crippen MR) is 146 cm³/mol. The third-order valence-electron chi connectivity index (χ3n) is 9.28. The monoisotopic (exact) mass is 480 g/mol. The van der Waals surface area contributed by atoms with Gasteiger partial charge >= 0.3 is 0 Å². The van der Waals surface area contributed by atoms with Crippen molar-refractivity contribution in [2.24, 2.45) is 23.7 Å². The molecule has 2 aliphatic rings. The van der Waals surface area contributed by atoms with Gasteiger partial charge in [-0.25, -0.2) is 8.78 Å². The van der Waals surface area contributed by atoms with Gasteiger partial charge in [0.2, 0.25) is 0 Å². The summed E-state index contributed by atoms with van der Waals surface area (Å²) < 4.78 is 29.5. The zero-order valence-electron chi connectivity index (χ0n) is 22.0. The molecule has 0 radical (unpaired) electrons. The van der Waals surface area contributed by atoms with Crippen molar-refractivity contribution in [2.75, 3.05) is 0 Å². The van der Waals surface area contributed by atoms with Gasteiger partial charge in [0.15, 0.2) is 11.6 Å². The second kappa shape index (κ2) is 13.0. The molecular formula is C33H46F2. The predicted octanol–water partition coefficient (Wildman–Crippen LogP) is 10.4. The fourth-order valence-electron chi connectivity index (χ4n) is 6.95. The summed E-state index contributed by atoms with van der Waals surface area (Å²) in [7, 11) is 0. The molecule has 2 fully saturated rings. The van der Waals surface area contributed by atoms with Crippen molar-refractivity contribution < 1.29 is 8.78 Å². The Morgan fingerprint density at radius 3 is 2.09 bits per heavy atom. The van der Waals surface area contributed by atoms with Crippen molar-refractivity contribution in [1.29, 1.82) is 0 Å². The summed E-state index contributed by atoms with van der Waals surface area (Å²) in [5, 5.41) is 1.28. The van der Waals surface area contributed by atoms with Crippen LogP contribution in [-0.2, 0) is 12.8 Å². The maximum Gasteiger partial charge on any atom is 0.166 e. The topological polar surface area (TPSA) is 0 Å². The van der Waals surface area contributed by atoms with Gasteiger partial charge in [-0.05, 0) is 117 Å². The van der Waals surface area contributed by atoms with Crippen molar-refractivity contribution in [3.63, 3.8) is 0 Å². The molecule has 0 heterocycles. The lowest BCUT2D eigenvalue weighted by atomic mass is 9.68. The zero-order valence-corrected chi connectivity index (χ0v) is 22.0. The Morgan fingerprint density at radius 2 is 1.46 bits per heavy atom. The molecule has 2 aliphatic carbocycles. The van der Waals surface area contributed by atoms with Crippen LogP contribution in [0.2, 0.25) is 0 Å². The highest BCUT2D eigenvalue weighted by molar-refractivity contribution is 5.84. The Morgan fingerprint density at radius 1 is 0.800 bits per heavy atom. The number of rotatable bonds is 11. The average Bonchev–Trinajstić information content (AvgIpc) is 2.90. The van der Waals surface area contributed by atoms with Crippen LogP contribution in [0.5, 0.6) is 0 Å². The average molecular weight is 481 g/mol. The van der Waals surface area contributed by atoms with Crippen molar-refractivity contribution in [1.82, 2.24) is 0 Å². The summed E-state index contributed by atoms with van der Waals surface area (Å²) in [6.45, 7) is 6.01. The molecule has 2 aromatic carbocycles. The highest BCUT2D eigenvalue weighted by atomic mass is 19.2. The first kappa shape index (κ1) is 26.4. The molecule has 0 unspecified atom stereocenters. The van der Waals surface area contributed by atoms with E-state index in [0.717, 1.165) is 60.3 Å². The summed E-state index contributed by atoms with van der Waals surface area (Å²) in [5.41, 5.74) is 1.67. The molecule has 0 aliphatic heterocycles. The molecule has 2 heteroatoms. The van der Waals surface area contributed by atoms with Crippen LogP contribution in [0, 0.1) is 35.3 Å². The molecule has 192 valence electrons. The second-order valence-electron chi connectivity index (χ2n) is 11.6. The van der Waals surface area contributed by atoms with Crippen LogP contribution in [0.1, 0.15) is 108 Å². The zero-order chi connectivity index (χ0) is 24.6. The molecule has 35 heavy (non-hydrogen) atoms. The molecule has 0 atom stereocenters. The molecule has 0 bridgehead atoms. The van der Waals surface area contributed by atoms with E-state index in [0.29, 0.717) is 17.4 Å². The fourth-order valence-corrected chi connectivity index (χ4v) is 6.95. The largest absolute Gasteiger partial charge is 0.203 e. The Labute approximate surface area is 212 Å². The lowest BCUT2D eigenvalue weighted by Gasteiger charge is -2.38. The highest BCUT2D eigenvalue weighted by Crippen LogP contribution is 2.43. The van der Waals surface area contributed by atoms with E-state index in [-0.39, 0.29) is 0 Å². The normalized spacial score (nSPS) is 25.1. The Bertz CT molecular complexity index is 945. The number of benzene rings is 2. The van der Waals surface area contributed by atoms with Crippen LogP contribution in [0.3, 0.4) is 0 Å². The van der Waals surface area contributed by atoms with E-state index in [4.69, 9.17) is 0 Å². The van der Waals surface area contributed by atoms with Crippen LogP contribution in [0.25, 0.3) is 10.8 Å². The molecule has 4 rings (SSSR count). The van der Waals surface area contributed by atoms with E-state index in [2.05, 4.69) is 25.6 Å². The third-order valence-corrected chi connectivity index (χ3v) is 9.28. The van der Waals surface area contributed by atoms with Crippen LogP contribution in [-0.4, -0.2) is 0 Å². The maximum atomic E-state index is 14.9. The molecule has 2 aromatic rings. The Hall–Kier alpha value is -1.70. The number of hydrogen-bond acceptors (Lipinski definition) is 0. The number of aryl methyl sites for hydroxylation is 2. The van der Waals surface area contributed by atoms with E-state index in [1.165, 1.54) is 70.6 Å². The molecular weight excluding hydrogens is 434 g/mol. The van der Waals surface area contributed by atoms with Crippen molar-refractivity contribution in [3.05, 3.63) is 59.7 Å². The number of hydrogen-bond donors (Lipinski definition) is 0.